The lowest BCUT2D eigenvalue weighted by Crippen LogP contribution is -2.38. The zero-order valence-corrected chi connectivity index (χ0v) is 11.1. The van der Waals surface area contributed by atoms with Crippen molar-refractivity contribution in [2.75, 3.05) is 0 Å². The molecule has 1 N–H and O–H groups in total. The van der Waals surface area contributed by atoms with Crippen molar-refractivity contribution in [1.29, 1.82) is 0 Å². The second-order valence-corrected chi connectivity index (χ2v) is 4.81. The summed E-state index contributed by atoms with van der Waals surface area (Å²) in [6.45, 7) is 4.83. The first kappa shape index (κ1) is 13.1. The standard InChI is InChI=1S/C14H16N2O3/c1-10-9-16(11-7-5-4-6-8-11)15-12(10)19-14(2,3)13(17)18/h4-9H,1-3H3,(H,17,18). The van der Waals surface area contributed by atoms with Crippen molar-refractivity contribution in [3.63, 3.8) is 0 Å². The third kappa shape index (κ3) is 2.76. The average Bonchev–Trinajstić information content (AvgIpc) is 2.71. The fraction of sp³-hybridized carbons (Fsp3) is 0.286. The summed E-state index contributed by atoms with van der Waals surface area (Å²) in [5, 5.41) is 13.3. The lowest BCUT2D eigenvalue weighted by atomic mass is 10.1. The Balaban J connectivity index is 2.30. The Bertz CT molecular complexity index is 588. The molecule has 0 saturated heterocycles. The van der Waals surface area contributed by atoms with Gasteiger partial charge in [0.2, 0.25) is 11.5 Å². The van der Waals surface area contributed by atoms with Gasteiger partial charge in [0.15, 0.2) is 0 Å². The summed E-state index contributed by atoms with van der Waals surface area (Å²) >= 11 is 0. The maximum Gasteiger partial charge on any atom is 0.347 e. The molecule has 19 heavy (non-hydrogen) atoms. The van der Waals surface area contributed by atoms with Crippen LogP contribution in [0.15, 0.2) is 36.5 Å². The van der Waals surface area contributed by atoms with Gasteiger partial charge in [-0.3, -0.25) is 0 Å². The number of carboxylic acid groups (broad SMARTS) is 1. The molecule has 0 saturated carbocycles. The molecule has 2 aromatic rings. The largest absolute Gasteiger partial charge is 0.478 e. The molecule has 0 amide bonds. The summed E-state index contributed by atoms with van der Waals surface area (Å²) in [6.07, 6.45) is 1.81. The number of rotatable bonds is 4. The molecule has 0 fully saturated rings. The van der Waals surface area contributed by atoms with Crippen molar-refractivity contribution in [2.24, 2.45) is 0 Å². The molecular formula is C14H16N2O3. The predicted octanol–water partition coefficient (Wildman–Crippen LogP) is 2.42. The number of carboxylic acids is 1. The predicted molar refractivity (Wildman–Crippen MR) is 70.6 cm³/mol. The molecular weight excluding hydrogens is 244 g/mol. The Morgan fingerprint density at radius 3 is 2.53 bits per heavy atom. The van der Waals surface area contributed by atoms with E-state index in [2.05, 4.69) is 5.10 Å². The molecule has 5 heteroatoms. The average molecular weight is 260 g/mol. The Hall–Kier alpha value is -2.30. The van der Waals surface area contributed by atoms with Crippen molar-refractivity contribution >= 4 is 5.97 Å². The smallest absolute Gasteiger partial charge is 0.347 e. The summed E-state index contributed by atoms with van der Waals surface area (Å²) in [5.74, 6) is -0.697. The van der Waals surface area contributed by atoms with Crippen molar-refractivity contribution in [2.45, 2.75) is 26.4 Å². The number of para-hydroxylation sites is 1. The number of hydrogen-bond acceptors (Lipinski definition) is 3. The van der Waals surface area contributed by atoms with Crippen LogP contribution in [0.1, 0.15) is 19.4 Å². The third-order valence-electron chi connectivity index (χ3n) is 2.74. The van der Waals surface area contributed by atoms with E-state index in [0.717, 1.165) is 11.3 Å². The second-order valence-electron chi connectivity index (χ2n) is 4.81. The Labute approximate surface area is 111 Å². The highest BCUT2D eigenvalue weighted by molar-refractivity contribution is 5.76. The van der Waals surface area contributed by atoms with Gasteiger partial charge in [-0.1, -0.05) is 18.2 Å². The van der Waals surface area contributed by atoms with Gasteiger partial charge >= 0.3 is 5.97 Å². The highest BCUT2D eigenvalue weighted by atomic mass is 16.5. The molecule has 1 aromatic carbocycles. The minimum atomic E-state index is -1.30. The van der Waals surface area contributed by atoms with E-state index in [1.165, 1.54) is 13.8 Å². The fourth-order valence-electron chi connectivity index (χ4n) is 1.54. The molecule has 0 aliphatic rings. The van der Waals surface area contributed by atoms with Crippen molar-refractivity contribution < 1.29 is 14.6 Å². The normalized spacial score (nSPS) is 11.3. The van der Waals surface area contributed by atoms with E-state index in [0.29, 0.717) is 5.88 Å². The zero-order chi connectivity index (χ0) is 14.0. The highest BCUT2D eigenvalue weighted by Crippen LogP contribution is 2.22. The fourth-order valence-corrected chi connectivity index (χ4v) is 1.54. The third-order valence-corrected chi connectivity index (χ3v) is 2.74. The van der Waals surface area contributed by atoms with E-state index >= 15 is 0 Å². The van der Waals surface area contributed by atoms with E-state index in [1.54, 1.807) is 4.68 Å². The number of benzene rings is 1. The molecule has 0 spiro atoms. The van der Waals surface area contributed by atoms with Crippen LogP contribution in [0.5, 0.6) is 5.88 Å². The summed E-state index contributed by atoms with van der Waals surface area (Å²) in [4.78, 5) is 11.1. The van der Waals surface area contributed by atoms with Gasteiger partial charge in [0.05, 0.1) is 5.69 Å². The second kappa shape index (κ2) is 4.76. The molecule has 1 heterocycles. The van der Waals surface area contributed by atoms with Crippen LogP contribution in [-0.4, -0.2) is 26.5 Å². The van der Waals surface area contributed by atoms with Crippen LogP contribution >= 0.6 is 0 Å². The molecule has 0 aliphatic carbocycles. The van der Waals surface area contributed by atoms with Gasteiger partial charge < -0.3 is 9.84 Å². The van der Waals surface area contributed by atoms with E-state index in [-0.39, 0.29) is 0 Å². The van der Waals surface area contributed by atoms with Gasteiger partial charge in [-0.15, -0.1) is 5.10 Å². The summed E-state index contributed by atoms with van der Waals surface area (Å²) < 4.78 is 7.13. The molecule has 0 unspecified atom stereocenters. The molecule has 2 rings (SSSR count). The number of aromatic nitrogens is 2. The first-order chi connectivity index (χ1) is 8.90. The maximum atomic E-state index is 11.1. The Morgan fingerprint density at radius 1 is 1.32 bits per heavy atom. The highest BCUT2D eigenvalue weighted by Gasteiger charge is 2.31. The van der Waals surface area contributed by atoms with Gasteiger partial charge in [-0.05, 0) is 32.9 Å². The summed E-state index contributed by atoms with van der Waals surface area (Å²) in [5.41, 5.74) is 0.382. The van der Waals surface area contributed by atoms with Gasteiger partial charge in [0, 0.05) is 11.8 Å². The van der Waals surface area contributed by atoms with Crippen LogP contribution in [0.25, 0.3) is 5.69 Å². The molecule has 1 aromatic heterocycles. The van der Waals surface area contributed by atoms with E-state index in [1.807, 2.05) is 43.5 Å². The van der Waals surface area contributed by atoms with Gasteiger partial charge in [-0.2, -0.15) is 0 Å². The van der Waals surface area contributed by atoms with Crippen molar-refractivity contribution in [3.05, 3.63) is 42.1 Å². The quantitative estimate of drug-likeness (QED) is 0.917. The van der Waals surface area contributed by atoms with Crippen LogP contribution in [0.2, 0.25) is 0 Å². The molecule has 0 aliphatic heterocycles. The first-order valence-electron chi connectivity index (χ1n) is 5.94. The Morgan fingerprint density at radius 2 is 1.95 bits per heavy atom. The number of aryl methyl sites for hydroxylation is 1. The molecule has 0 atom stereocenters. The SMILES string of the molecule is Cc1cn(-c2ccccc2)nc1OC(C)(C)C(=O)O. The monoisotopic (exact) mass is 260 g/mol. The van der Waals surface area contributed by atoms with Crippen LogP contribution in [-0.2, 0) is 4.79 Å². The number of ether oxygens (including phenoxy) is 1. The maximum absolute atomic E-state index is 11.1. The molecule has 100 valence electrons. The molecule has 5 nitrogen and oxygen atoms in total. The minimum absolute atomic E-state index is 0.330. The van der Waals surface area contributed by atoms with Crippen LogP contribution < -0.4 is 4.74 Å². The molecule has 0 bridgehead atoms. The number of aliphatic carboxylic acids is 1. The molecule has 0 radical (unpaired) electrons. The van der Waals surface area contributed by atoms with Crippen molar-refractivity contribution in [3.8, 4) is 11.6 Å². The van der Waals surface area contributed by atoms with Crippen LogP contribution in [0.4, 0.5) is 0 Å². The number of hydrogen-bond donors (Lipinski definition) is 1. The number of nitrogens with zero attached hydrogens (tertiary/aromatic N) is 2. The van der Waals surface area contributed by atoms with Crippen LogP contribution in [0, 0.1) is 6.92 Å². The van der Waals surface area contributed by atoms with Gasteiger partial charge in [0.25, 0.3) is 0 Å². The van der Waals surface area contributed by atoms with E-state index < -0.39 is 11.6 Å². The summed E-state index contributed by atoms with van der Waals surface area (Å²) in [6, 6.07) is 9.57. The lowest BCUT2D eigenvalue weighted by Gasteiger charge is -2.19. The van der Waals surface area contributed by atoms with E-state index in [4.69, 9.17) is 9.84 Å². The van der Waals surface area contributed by atoms with E-state index in [9.17, 15) is 4.79 Å². The Kier molecular flexibility index (Phi) is 3.29. The van der Waals surface area contributed by atoms with Gasteiger partial charge in [-0.25, -0.2) is 9.48 Å². The lowest BCUT2D eigenvalue weighted by molar-refractivity contribution is -0.152. The van der Waals surface area contributed by atoms with Crippen molar-refractivity contribution in [1.82, 2.24) is 9.78 Å². The minimum Gasteiger partial charge on any atom is -0.478 e. The van der Waals surface area contributed by atoms with Gasteiger partial charge in [0.1, 0.15) is 0 Å². The number of carbonyl (C=O) groups is 1. The first-order valence-corrected chi connectivity index (χ1v) is 5.94. The summed E-state index contributed by atoms with van der Waals surface area (Å²) in [7, 11) is 0. The topological polar surface area (TPSA) is 64.4 Å². The zero-order valence-electron chi connectivity index (χ0n) is 11.1. The van der Waals surface area contributed by atoms with Crippen LogP contribution in [0.3, 0.4) is 0 Å².